The fraction of sp³-hybridized carbons (Fsp3) is 0.385. The van der Waals surface area contributed by atoms with Gasteiger partial charge in [0.15, 0.2) is 5.84 Å². The van der Waals surface area contributed by atoms with E-state index in [4.69, 9.17) is 14.7 Å². The second-order valence-corrected chi connectivity index (χ2v) is 9.98. The van der Waals surface area contributed by atoms with E-state index in [1.54, 1.807) is 18.4 Å². The second kappa shape index (κ2) is 9.53. The number of nitrogens with one attached hydrogen (secondary N) is 2. The number of ether oxygens (including phenoxy) is 1. The molecule has 2 aliphatic heterocycles. The third-order valence-corrected chi connectivity index (χ3v) is 7.49. The summed E-state index contributed by atoms with van der Waals surface area (Å²) in [6.45, 7) is 7.18. The molecular formula is C26H31N5OS. The standard InChI is InChI=1S/C26H31N5OS/c1-17(2)25-30-23-24(28-21-6-4-5-7-22(21)29-26(23)33-25)31-15-14-27-19(16-31)11-8-18-9-12-20(32-3)13-10-18/h4-7,9-10,12-13,17,19,27,29H,8,11,14-16H2,1-3H3. The molecule has 33 heavy (non-hydrogen) atoms. The van der Waals surface area contributed by atoms with Crippen LogP contribution in [0.3, 0.4) is 0 Å². The van der Waals surface area contributed by atoms with E-state index < -0.39 is 0 Å². The van der Waals surface area contributed by atoms with Gasteiger partial charge in [0, 0.05) is 31.6 Å². The van der Waals surface area contributed by atoms with Crippen LogP contribution < -0.4 is 15.4 Å². The number of hydrogen-bond acceptors (Lipinski definition) is 7. The molecule has 5 rings (SSSR count). The molecule has 2 aromatic carbocycles. The van der Waals surface area contributed by atoms with Crippen LogP contribution in [-0.2, 0) is 6.42 Å². The number of methoxy groups -OCH3 is 1. The van der Waals surface area contributed by atoms with Crippen LogP contribution in [0.5, 0.6) is 5.75 Å². The first-order valence-corrected chi connectivity index (χ1v) is 12.5. The van der Waals surface area contributed by atoms with Crippen molar-refractivity contribution in [2.24, 2.45) is 4.99 Å². The molecule has 0 bridgehead atoms. The number of fused-ring (bicyclic) bond motifs is 2. The number of aryl methyl sites for hydroxylation is 1. The highest BCUT2D eigenvalue weighted by Gasteiger charge is 2.29. The van der Waals surface area contributed by atoms with Crippen LogP contribution in [0.4, 0.5) is 16.4 Å². The quantitative estimate of drug-likeness (QED) is 0.539. The highest BCUT2D eigenvalue weighted by Crippen LogP contribution is 2.39. The molecule has 3 heterocycles. The zero-order valence-corrected chi connectivity index (χ0v) is 20.3. The lowest BCUT2D eigenvalue weighted by molar-refractivity contribution is 0.282. The van der Waals surface area contributed by atoms with Gasteiger partial charge in [-0.25, -0.2) is 9.98 Å². The molecule has 1 saturated heterocycles. The van der Waals surface area contributed by atoms with Crippen molar-refractivity contribution in [2.75, 3.05) is 32.1 Å². The molecular weight excluding hydrogens is 430 g/mol. The molecule has 0 amide bonds. The first-order valence-electron chi connectivity index (χ1n) is 11.7. The third kappa shape index (κ3) is 4.75. The Morgan fingerprint density at radius 3 is 2.76 bits per heavy atom. The van der Waals surface area contributed by atoms with E-state index in [2.05, 4.69) is 59.7 Å². The van der Waals surface area contributed by atoms with Crippen LogP contribution in [-0.4, -0.2) is 48.5 Å². The van der Waals surface area contributed by atoms with E-state index >= 15 is 0 Å². The number of amidine groups is 1. The SMILES string of the molecule is COc1ccc(CCC2CN(C3=Nc4ccccc4Nc4sc(C(C)C)nc43)CCN2)cc1. The van der Waals surface area contributed by atoms with Gasteiger partial charge in [-0.05, 0) is 42.7 Å². The molecule has 0 aliphatic carbocycles. The number of aromatic nitrogens is 1. The maximum absolute atomic E-state index is 5.28. The average molecular weight is 462 g/mol. The number of piperazine rings is 1. The first-order chi connectivity index (χ1) is 16.1. The summed E-state index contributed by atoms with van der Waals surface area (Å²) in [6.07, 6.45) is 2.11. The normalized spacial score (nSPS) is 17.6. The third-order valence-electron chi connectivity index (χ3n) is 6.22. The largest absolute Gasteiger partial charge is 0.497 e. The molecule has 0 radical (unpaired) electrons. The molecule has 6 nitrogen and oxygen atoms in total. The summed E-state index contributed by atoms with van der Waals surface area (Å²) in [5, 5.41) is 9.55. The van der Waals surface area contributed by atoms with Crippen LogP contribution in [0.1, 0.15) is 42.5 Å². The Morgan fingerprint density at radius 2 is 1.97 bits per heavy atom. The molecule has 7 heteroatoms. The number of anilines is 2. The van der Waals surface area contributed by atoms with Crippen LogP contribution in [0, 0.1) is 0 Å². The van der Waals surface area contributed by atoms with Gasteiger partial charge >= 0.3 is 0 Å². The number of para-hydroxylation sites is 2. The van der Waals surface area contributed by atoms with Gasteiger partial charge in [0.2, 0.25) is 0 Å². The zero-order valence-electron chi connectivity index (χ0n) is 19.5. The van der Waals surface area contributed by atoms with Crippen molar-refractivity contribution >= 4 is 33.5 Å². The van der Waals surface area contributed by atoms with Crippen LogP contribution in [0.25, 0.3) is 0 Å². The number of benzene rings is 2. The number of rotatable bonds is 5. The van der Waals surface area contributed by atoms with Gasteiger partial charge in [-0.1, -0.05) is 38.1 Å². The van der Waals surface area contributed by atoms with Gasteiger partial charge in [-0.3, -0.25) is 0 Å². The van der Waals surface area contributed by atoms with Crippen molar-refractivity contribution in [3.63, 3.8) is 0 Å². The Morgan fingerprint density at radius 1 is 1.15 bits per heavy atom. The van der Waals surface area contributed by atoms with Crippen LogP contribution >= 0.6 is 11.3 Å². The minimum Gasteiger partial charge on any atom is -0.497 e. The van der Waals surface area contributed by atoms with E-state index in [-0.39, 0.29) is 0 Å². The van der Waals surface area contributed by atoms with Gasteiger partial charge < -0.3 is 20.3 Å². The van der Waals surface area contributed by atoms with Crippen LogP contribution in [0.15, 0.2) is 53.5 Å². The lowest BCUT2D eigenvalue weighted by Crippen LogP contribution is -2.53. The fourth-order valence-electron chi connectivity index (χ4n) is 4.35. The van der Waals surface area contributed by atoms with E-state index in [1.807, 2.05) is 18.2 Å². The van der Waals surface area contributed by atoms with E-state index in [0.717, 1.165) is 71.1 Å². The molecule has 2 N–H and O–H groups in total. The molecule has 0 spiro atoms. The Bertz CT molecular complexity index is 1140. The lowest BCUT2D eigenvalue weighted by Gasteiger charge is -2.35. The smallest absolute Gasteiger partial charge is 0.158 e. The Kier molecular flexibility index (Phi) is 6.33. The van der Waals surface area contributed by atoms with Crippen molar-refractivity contribution in [2.45, 2.75) is 38.6 Å². The highest BCUT2D eigenvalue weighted by atomic mass is 32.1. The number of thiazole rings is 1. The van der Waals surface area contributed by atoms with Crippen molar-refractivity contribution < 1.29 is 4.74 Å². The van der Waals surface area contributed by atoms with Gasteiger partial charge in [0.25, 0.3) is 0 Å². The molecule has 1 fully saturated rings. The van der Waals surface area contributed by atoms with Crippen molar-refractivity contribution in [3.8, 4) is 5.75 Å². The first kappa shape index (κ1) is 21.9. The highest BCUT2D eigenvalue weighted by molar-refractivity contribution is 7.16. The Labute approximate surface area is 199 Å². The molecule has 2 aliphatic rings. The minimum absolute atomic E-state index is 0.389. The maximum atomic E-state index is 5.28. The summed E-state index contributed by atoms with van der Waals surface area (Å²) in [5.74, 6) is 2.28. The number of nitrogens with zero attached hydrogens (tertiary/aromatic N) is 3. The zero-order chi connectivity index (χ0) is 22.8. The Hall–Kier alpha value is -2.90. The molecule has 0 saturated carbocycles. The predicted molar refractivity (Wildman–Crippen MR) is 137 cm³/mol. The van der Waals surface area contributed by atoms with E-state index in [1.165, 1.54) is 5.56 Å². The number of hydrogen-bond donors (Lipinski definition) is 2. The van der Waals surface area contributed by atoms with Crippen LogP contribution in [0.2, 0.25) is 0 Å². The second-order valence-electron chi connectivity index (χ2n) is 8.95. The van der Waals surface area contributed by atoms with Crippen molar-refractivity contribution in [3.05, 3.63) is 64.8 Å². The summed E-state index contributed by atoms with van der Waals surface area (Å²) in [5.41, 5.74) is 4.33. The van der Waals surface area contributed by atoms with Gasteiger partial charge in [0.05, 0.1) is 23.5 Å². The average Bonchev–Trinajstić information content (AvgIpc) is 3.20. The molecule has 1 unspecified atom stereocenters. The minimum atomic E-state index is 0.389. The van der Waals surface area contributed by atoms with Crippen molar-refractivity contribution in [1.29, 1.82) is 0 Å². The molecule has 1 aromatic heterocycles. The monoisotopic (exact) mass is 461 g/mol. The maximum Gasteiger partial charge on any atom is 0.158 e. The Balaban J connectivity index is 1.38. The van der Waals surface area contributed by atoms with Gasteiger partial charge in [-0.15, -0.1) is 11.3 Å². The van der Waals surface area contributed by atoms with E-state index in [0.29, 0.717) is 12.0 Å². The topological polar surface area (TPSA) is 61.8 Å². The fourth-order valence-corrected chi connectivity index (χ4v) is 5.33. The molecule has 172 valence electrons. The number of aliphatic imine (C=N–C) groups is 1. The molecule has 1 atom stereocenters. The molecule has 3 aromatic rings. The summed E-state index contributed by atoms with van der Waals surface area (Å²) < 4.78 is 5.28. The van der Waals surface area contributed by atoms with Gasteiger partial charge in [-0.2, -0.15) is 0 Å². The summed E-state index contributed by atoms with van der Waals surface area (Å²) in [6, 6.07) is 17.1. The summed E-state index contributed by atoms with van der Waals surface area (Å²) in [4.78, 5) is 12.6. The summed E-state index contributed by atoms with van der Waals surface area (Å²) >= 11 is 1.74. The van der Waals surface area contributed by atoms with E-state index in [9.17, 15) is 0 Å². The predicted octanol–water partition coefficient (Wildman–Crippen LogP) is 5.32. The lowest BCUT2D eigenvalue weighted by atomic mass is 10.0. The van der Waals surface area contributed by atoms with Crippen molar-refractivity contribution in [1.82, 2.24) is 15.2 Å². The van der Waals surface area contributed by atoms with Gasteiger partial charge in [0.1, 0.15) is 16.4 Å². The summed E-state index contributed by atoms with van der Waals surface area (Å²) in [7, 11) is 1.71.